The third-order valence-corrected chi connectivity index (χ3v) is 6.59. The Labute approximate surface area is 202 Å². The van der Waals surface area contributed by atoms with Crippen molar-refractivity contribution < 1.29 is 14.6 Å². The molecule has 2 aromatic carbocycles. The zero-order valence-corrected chi connectivity index (χ0v) is 21.0. The van der Waals surface area contributed by atoms with Crippen molar-refractivity contribution in [1.29, 1.82) is 0 Å². The molecule has 2 atom stereocenters. The number of hydrogen-bond donors (Lipinski definition) is 2. The normalized spacial score (nSPS) is 19.9. The van der Waals surface area contributed by atoms with Gasteiger partial charge in [0.2, 0.25) is 5.95 Å². The van der Waals surface area contributed by atoms with Crippen LogP contribution in [0.1, 0.15) is 71.9 Å². The van der Waals surface area contributed by atoms with Crippen molar-refractivity contribution in [2.45, 2.75) is 78.9 Å². The van der Waals surface area contributed by atoms with Crippen molar-refractivity contribution >= 4 is 28.6 Å². The Balaban J connectivity index is 1.71. The first kappa shape index (κ1) is 24.1. The van der Waals surface area contributed by atoms with Crippen LogP contribution in [0.4, 0.5) is 11.6 Å². The van der Waals surface area contributed by atoms with Gasteiger partial charge in [-0.2, -0.15) is 0 Å². The number of imidazole rings is 1. The smallest absolute Gasteiger partial charge is 0.303 e. The van der Waals surface area contributed by atoms with E-state index in [0.29, 0.717) is 18.4 Å². The molecule has 1 aliphatic carbocycles. The summed E-state index contributed by atoms with van der Waals surface area (Å²) in [6.45, 7) is 11.1. The zero-order chi connectivity index (χ0) is 24.5. The number of aliphatic carboxylic acids is 1. The number of carboxylic acids is 1. The molecule has 1 heterocycles. The fourth-order valence-corrected chi connectivity index (χ4v) is 5.52. The van der Waals surface area contributed by atoms with Gasteiger partial charge in [0.25, 0.3) is 0 Å². The average molecular weight is 464 g/mol. The molecule has 4 rings (SSSR count). The molecular formula is C28H37N3O3. The molecular weight excluding hydrogens is 426 g/mol. The fourth-order valence-electron chi connectivity index (χ4n) is 5.52. The monoisotopic (exact) mass is 463 g/mol. The predicted molar refractivity (Wildman–Crippen MR) is 137 cm³/mol. The molecule has 1 fully saturated rings. The second-order valence-corrected chi connectivity index (χ2v) is 10.9. The van der Waals surface area contributed by atoms with Gasteiger partial charge in [-0.3, -0.25) is 4.79 Å². The van der Waals surface area contributed by atoms with Crippen molar-refractivity contribution in [1.82, 2.24) is 9.55 Å². The summed E-state index contributed by atoms with van der Waals surface area (Å²) in [6, 6.07) is 14.5. The molecule has 1 aromatic heterocycles. The topological polar surface area (TPSA) is 76.4 Å². The number of aromatic nitrogens is 2. The molecule has 34 heavy (non-hydrogen) atoms. The lowest BCUT2D eigenvalue weighted by Crippen LogP contribution is -2.29. The van der Waals surface area contributed by atoms with E-state index in [0.717, 1.165) is 46.8 Å². The quantitative estimate of drug-likeness (QED) is 0.377. The molecule has 6 nitrogen and oxygen atoms in total. The highest BCUT2D eigenvalue weighted by molar-refractivity contribution is 5.81. The minimum atomic E-state index is -0.781. The molecule has 0 radical (unpaired) electrons. The van der Waals surface area contributed by atoms with E-state index in [1.807, 2.05) is 50.2 Å². The van der Waals surface area contributed by atoms with Crippen LogP contribution in [-0.4, -0.2) is 26.7 Å². The van der Waals surface area contributed by atoms with Crippen molar-refractivity contribution in [3.8, 4) is 5.75 Å². The van der Waals surface area contributed by atoms with Crippen LogP contribution < -0.4 is 10.1 Å². The Morgan fingerprint density at radius 1 is 1.21 bits per heavy atom. The molecule has 0 bridgehead atoms. The maximum atomic E-state index is 11.0. The van der Waals surface area contributed by atoms with E-state index in [4.69, 9.17) is 14.8 Å². The van der Waals surface area contributed by atoms with E-state index in [1.54, 1.807) is 0 Å². The Morgan fingerprint density at radius 2 is 1.94 bits per heavy atom. The molecule has 6 heteroatoms. The van der Waals surface area contributed by atoms with Crippen LogP contribution in [0.25, 0.3) is 11.0 Å². The van der Waals surface area contributed by atoms with Gasteiger partial charge in [-0.15, -0.1) is 0 Å². The summed E-state index contributed by atoms with van der Waals surface area (Å²) in [5.74, 6) is 1.54. The highest BCUT2D eigenvalue weighted by Crippen LogP contribution is 2.46. The molecule has 2 N–H and O–H groups in total. The minimum absolute atomic E-state index is 0.121. The van der Waals surface area contributed by atoms with Gasteiger partial charge in [-0.05, 0) is 92.8 Å². The summed E-state index contributed by atoms with van der Waals surface area (Å²) in [4.78, 5) is 16.0. The lowest BCUT2D eigenvalue weighted by molar-refractivity contribution is -0.136. The number of fused-ring (bicyclic) bond motifs is 1. The number of ether oxygens (including phenoxy) is 1. The number of benzene rings is 2. The van der Waals surface area contributed by atoms with E-state index in [9.17, 15) is 4.79 Å². The Hall–Kier alpha value is -3.02. The largest absolute Gasteiger partial charge is 0.491 e. The highest BCUT2D eigenvalue weighted by atomic mass is 16.5. The first-order chi connectivity index (χ1) is 16.1. The third kappa shape index (κ3) is 5.72. The number of carbonyl (C=O) groups is 1. The minimum Gasteiger partial charge on any atom is -0.491 e. The molecule has 1 aliphatic rings. The number of hydrogen-bond acceptors (Lipinski definition) is 4. The van der Waals surface area contributed by atoms with Gasteiger partial charge in [-0.25, -0.2) is 4.98 Å². The average Bonchev–Trinajstić information content (AvgIpc) is 3.09. The van der Waals surface area contributed by atoms with Gasteiger partial charge in [0.05, 0.1) is 17.1 Å². The second-order valence-electron chi connectivity index (χ2n) is 10.9. The lowest BCUT2D eigenvalue weighted by Gasteiger charge is -2.40. The van der Waals surface area contributed by atoms with Crippen LogP contribution in [0.5, 0.6) is 5.75 Å². The van der Waals surface area contributed by atoms with E-state index >= 15 is 0 Å². The van der Waals surface area contributed by atoms with E-state index < -0.39 is 5.97 Å². The molecule has 1 saturated carbocycles. The van der Waals surface area contributed by atoms with Crippen LogP contribution in [0.2, 0.25) is 0 Å². The standard InChI is InChI=1S/C28H37N3O3/c1-18(2)34-23-10-8-21(9-11-23)29-27-30-24-15-20(7-13-26(32)33)6-12-25(24)31(27)22-14-19(3)16-28(4,5)17-22/h6,8-12,15,18-19,22H,7,13-14,16-17H2,1-5H3,(H,29,30)(H,32,33)/t19-,22-/m0/s1. The van der Waals surface area contributed by atoms with Gasteiger partial charge in [-0.1, -0.05) is 26.8 Å². The number of nitrogens with zero attached hydrogens (tertiary/aromatic N) is 2. The van der Waals surface area contributed by atoms with Gasteiger partial charge in [0.1, 0.15) is 5.75 Å². The van der Waals surface area contributed by atoms with Crippen LogP contribution in [0.15, 0.2) is 42.5 Å². The molecule has 0 saturated heterocycles. The van der Waals surface area contributed by atoms with Crippen molar-refractivity contribution in [3.05, 3.63) is 48.0 Å². The van der Waals surface area contributed by atoms with E-state index in [1.165, 1.54) is 6.42 Å². The second kappa shape index (κ2) is 9.69. The number of rotatable bonds is 8. The lowest BCUT2D eigenvalue weighted by atomic mass is 9.70. The Morgan fingerprint density at radius 3 is 2.59 bits per heavy atom. The van der Waals surface area contributed by atoms with Gasteiger partial charge < -0.3 is 19.7 Å². The summed E-state index contributed by atoms with van der Waals surface area (Å²) >= 11 is 0. The number of carboxylic acid groups (broad SMARTS) is 1. The third-order valence-electron chi connectivity index (χ3n) is 6.59. The van der Waals surface area contributed by atoms with Crippen molar-refractivity contribution in [3.63, 3.8) is 0 Å². The summed E-state index contributed by atoms with van der Waals surface area (Å²) in [5.41, 5.74) is 4.23. The summed E-state index contributed by atoms with van der Waals surface area (Å²) < 4.78 is 8.15. The predicted octanol–water partition coefficient (Wildman–Crippen LogP) is 6.97. The summed E-state index contributed by atoms with van der Waals surface area (Å²) in [6.07, 6.45) is 4.21. The molecule has 0 amide bonds. The maximum absolute atomic E-state index is 11.0. The highest BCUT2D eigenvalue weighted by Gasteiger charge is 2.34. The summed E-state index contributed by atoms with van der Waals surface area (Å²) in [5, 5.41) is 12.6. The molecule has 0 spiro atoms. The van der Waals surface area contributed by atoms with Crippen LogP contribution in [0.3, 0.4) is 0 Å². The number of aryl methyl sites for hydroxylation is 1. The van der Waals surface area contributed by atoms with E-state index in [2.05, 4.69) is 36.7 Å². The number of nitrogens with one attached hydrogen (secondary N) is 1. The molecule has 182 valence electrons. The van der Waals surface area contributed by atoms with Crippen molar-refractivity contribution in [2.24, 2.45) is 11.3 Å². The van der Waals surface area contributed by atoms with E-state index in [-0.39, 0.29) is 17.9 Å². The van der Waals surface area contributed by atoms with Gasteiger partial charge in [0.15, 0.2) is 0 Å². The number of anilines is 2. The summed E-state index contributed by atoms with van der Waals surface area (Å²) in [7, 11) is 0. The van der Waals surface area contributed by atoms with Crippen LogP contribution in [-0.2, 0) is 11.2 Å². The first-order valence-electron chi connectivity index (χ1n) is 12.4. The fraction of sp³-hybridized carbons (Fsp3) is 0.500. The van der Waals surface area contributed by atoms with Crippen LogP contribution in [0, 0.1) is 11.3 Å². The SMILES string of the molecule is CC(C)Oc1ccc(Nc2nc3cc(CCC(=O)O)ccc3n2[C@H]2C[C@H](C)CC(C)(C)C2)cc1. The Bertz CT molecular complexity index is 1150. The molecule has 3 aromatic rings. The Kier molecular flexibility index (Phi) is 6.87. The van der Waals surface area contributed by atoms with Crippen molar-refractivity contribution in [2.75, 3.05) is 5.32 Å². The van der Waals surface area contributed by atoms with Gasteiger partial charge >= 0.3 is 5.97 Å². The molecule has 0 aliphatic heterocycles. The molecule has 0 unspecified atom stereocenters. The zero-order valence-electron chi connectivity index (χ0n) is 21.0. The van der Waals surface area contributed by atoms with Gasteiger partial charge in [0, 0.05) is 18.2 Å². The van der Waals surface area contributed by atoms with Crippen LogP contribution >= 0.6 is 0 Å². The maximum Gasteiger partial charge on any atom is 0.303 e. The first-order valence-corrected chi connectivity index (χ1v) is 12.4.